The van der Waals surface area contributed by atoms with Crippen LogP contribution < -0.4 is 0 Å². The van der Waals surface area contributed by atoms with E-state index < -0.39 is 116 Å². The minimum Gasteiger partial charge on any atom is -0.463 e. The Balaban J connectivity index is 2.60. The third-order valence-corrected chi connectivity index (χ3v) is 5.90. The van der Waals surface area contributed by atoms with Gasteiger partial charge in [0.2, 0.25) is 0 Å². The molecule has 2 rings (SSSR count). The molecule has 1 N–H and O–H groups in total. The Morgan fingerprint density at radius 2 is 1.02 bits per heavy atom. The van der Waals surface area contributed by atoms with Crippen molar-refractivity contribution in [2.75, 3.05) is 13.2 Å². The summed E-state index contributed by atoms with van der Waals surface area (Å²) >= 11 is 0. The Kier molecular flexibility index (Phi) is 13.4. The summed E-state index contributed by atoms with van der Waals surface area (Å²) in [4.78, 5) is 83.2. The molecular weight excluding hydrogens is 600 g/mol. The summed E-state index contributed by atoms with van der Waals surface area (Å²) in [6.07, 6.45) is -15.8. The zero-order chi connectivity index (χ0) is 33.3. The van der Waals surface area contributed by atoms with Crippen molar-refractivity contribution in [3.8, 4) is 0 Å². The van der Waals surface area contributed by atoms with E-state index in [2.05, 4.69) is 0 Å². The summed E-state index contributed by atoms with van der Waals surface area (Å²) in [6.45, 7) is 6.11. The zero-order valence-electron chi connectivity index (χ0n) is 25.1. The van der Waals surface area contributed by atoms with E-state index >= 15 is 0 Å². The Morgan fingerprint density at radius 1 is 0.568 bits per heavy atom. The summed E-state index contributed by atoms with van der Waals surface area (Å²) in [5, 5.41) is 10.5. The smallest absolute Gasteiger partial charge is 0.303 e. The van der Waals surface area contributed by atoms with Gasteiger partial charge in [0.1, 0.15) is 31.5 Å². The molecule has 44 heavy (non-hydrogen) atoms. The van der Waals surface area contributed by atoms with Gasteiger partial charge >= 0.3 is 41.8 Å². The van der Waals surface area contributed by atoms with Crippen LogP contribution in [-0.2, 0) is 80.9 Å². The lowest BCUT2D eigenvalue weighted by atomic mass is 9.97. The van der Waals surface area contributed by atoms with Gasteiger partial charge < -0.3 is 52.5 Å². The molecule has 10 atom stereocenters. The van der Waals surface area contributed by atoms with Crippen LogP contribution in [0, 0.1) is 0 Å². The molecule has 2 aliphatic heterocycles. The lowest BCUT2D eigenvalue weighted by Crippen LogP contribution is -2.64. The van der Waals surface area contributed by atoms with Crippen molar-refractivity contribution in [2.45, 2.75) is 110 Å². The molecule has 18 heteroatoms. The van der Waals surface area contributed by atoms with E-state index in [9.17, 15) is 38.7 Å². The van der Waals surface area contributed by atoms with Crippen LogP contribution in [0.15, 0.2) is 0 Å². The fourth-order valence-corrected chi connectivity index (χ4v) is 4.49. The first-order valence-electron chi connectivity index (χ1n) is 13.3. The van der Waals surface area contributed by atoms with Gasteiger partial charge in [0.25, 0.3) is 0 Å². The quantitative estimate of drug-likeness (QED) is 0.192. The molecule has 2 saturated heterocycles. The SMILES string of the molecule is CC(=O)OC[C@@H]1O[C@@H](O[C@H](COC(C)=O)[C@H]2O[C@@H](O)[C@H](OC(C)=O)[C@H]2OC(C)=O)[C@H](OC(C)=O)[C@H](OC(C)=O)[C@H]1OC(C)=O. The number of hydrogen-bond acceptors (Lipinski definition) is 18. The van der Waals surface area contributed by atoms with Crippen molar-refractivity contribution < 1.29 is 86.0 Å². The number of esters is 7. The highest BCUT2D eigenvalue weighted by Gasteiger charge is 2.57. The molecular formula is C26H36O18. The number of hydrogen-bond donors (Lipinski definition) is 1. The van der Waals surface area contributed by atoms with Gasteiger partial charge in [0.15, 0.2) is 43.1 Å². The molecule has 248 valence electrons. The van der Waals surface area contributed by atoms with E-state index in [1.165, 1.54) is 0 Å². The van der Waals surface area contributed by atoms with Crippen LogP contribution >= 0.6 is 0 Å². The summed E-state index contributed by atoms with van der Waals surface area (Å²) in [5.41, 5.74) is 0. The Morgan fingerprint density at radius 3 is 1.52 bits per heavy atom. The highest BCUT2D eigenvalue weighted by Crippen LogP contribution is 2.34. The molecule has 0 aromatic carbocycles. The molecule has 0 spiro atoms. The number of ether oxygens (including phenoxy) is 10. The van der Waals surface area contributed by atoms with Crippen LogP contribution in [0.1, 0.15) is 48.5 Å². The summed E-state index contributed by atoms with van der Waals surface area (Å²) in [6, 6.07) is 0. The first kappa shape index (κ1) is 36.3. The monoisotopic (exact) mass is 636 g/mol. The van der Waals surface area contributed by atoms with Gasteiger partial charge in [-0.15, -0.1) is 0 Å². The minimum atomic E-state index is -1.84. The molecule has 0 saturated carbocycles. The number of aliphatic hydroxyl groups is 1. The standard InChI is InChI=1S/C26H36O18/c1-10(27)35-8-17-19(37-12(3)29)22(39-14(5)31)24(41-16(7)33)26(42-17)43-18(9-36-11(2)28)20-21(38-13(4)30)23(25(34)44-20)40-15(6)32/h17-26,34H,8-9H2,1-7H3/t17-,18+,19-,20+,21-,22+,23+,24+,25+,26-/m0/s1. The maximum absolute atomic E-state index is 12.1. The second kappa shape index (κ2) is 16.3. The summed E-state index contributed by atoms with van der Waals surface area (Å²) in [5.74, 6) is -5.93. The number of carbonyl (C=O) groups excluding carboxylic acids is 7. The molecule has 0 radical (unpaired) electrons. The van der Waals surface area contributed by atoms with Crippen LogP contribution in [0.3, 0.4) is 0 Å². The molecule has 0 bridgehead atoms. The van der Waals surface area contributed by atoms with Crippen molar-refractivity contribution in [3.63, 3.8) is 0 Å². The average molecular weight is 637 g/mol. The fourth-order valence-electron chi connectivity index (χ4n) is 4.49. The van der Waals surface area contributed by atoms with Crippen LogP contribution in [0.5, 0.6) is 0 Å². The normalized spacial score (nSPS) is 30.2. The highest BCUT2D eigenvalue weighted by molar-refractivity contribution is 5.69. The van der Waals surface area contributed by atoms with E-state index in [4.69, 9.17) is 47.4 Å². The maximum atomic E-state index is 12.1. The van der Waals surface area contributed by atoms with E-state index in [0.717, 1.165) is 48.5 Å². The second-order valence-electron chi connectivity index (χ2n) is 9.68. The van der Waals surface area contributed by atoms with Gasteiger partial charge in [-0.25, -0.2) is 0 Å². The lowest BCUT2D eigenvalue weighted by molar-refractivity contribution is -0.327. The second-order valence-corrected chi connectivity index (χ2v) is 9.68. The van der Waals surface area contributed by atoms with Crippen molar-refractivity contribution in [1.82, 2.24) is 0 Å². The first-order chi connectivity index (χ1) is 20.5. The van der Waals surface area contributed by atoms with E-state index in [-0.39, 0.29) is 0 Å². The summed E-state index contributed by atoms with van der Waals surface area (Å²) in [7, 11) is 0. The third kappa shape index (κ3) is 10.7. The van der Waals surface area contributed by atoms with Gasteiger partial charge in [-0.3, -0.25) is 33.6 Å². The highest BCUT2D eigenvalue weighted by atomic mass is 16.8. The minimum absolute atomic E-state index is 0.560. The molecule has 2 fully saturated rings. The average Bonchev–Trinajstić information content (AvgIpc) is 3.16. The molecule has 0 aliphatic carbocycles. The number of carbonyl (C=O) groups is 7. The molecule has 0 unspecified atom stereocenters. The lowest BCUT2D eigenvalue weighted by Gasteiger charge is -2.45. The predicted molar refractivity (Wildman–Crippen MR) is 135 cm³/mol. The predicted octanol–water partition coefficient (Wildman–Crippen LogP) is -1.40. The van der Waals surface area contributed by atoms with Crippen molar-refractivity contribution in [2.24, 2.45) is 0 Å². The molecule has 18 nitrogen and oxygen atoms in total. The van der Waals surface area contributed by atoms with Gasteiger partial charge in [-0.1, -0.05) is 0 Å². The molecule has 0 aromatic heterocycles. The van der Waals surface area contributed by atoms with E-state index in [1.807, 2.05) is 0 Å². The van der Waals surface area contributed by atoms with E-state index in [1.54, 1.807) is 0 Å². The van der Waals surface area contributed by atoms with Crippen LogP contribution in [0.2, 0.25) is 0 Å². The number of rotatable bonds is 12. The largest absolute Gasteiger partial charge is 0.463 e. The molecule has 2 heterocycles. The van der Waals surface area contributed by atoms with Crippen LogP contribution in [-0.4, -0.2) is 122 Å². The third-order valence-electron chi connectivity index (χ3n) is 5.90. The zero-order valence-corrected chi connectivity index (χ0v) is 25.1. The van der Waals surface area contributed by atoms with E-state index in [0.29, 0.717) is 0 Å². The number of aliphatic hydroxyl groups excluding tert-OH is 1. The van der Waals surface area contributed by atoms with Crippen LogP contribution in [0.4, 0.5) is 0 Å². The first-order valence-corrected chi connectivity index (χ1v) is 13.3. The van der Waals surface area contributed by atoms with Crippen LogP contribution in [0.25, 0.3) is 0 Å². The Hall–Kier alpha value is -3.87. The van der Waals surface area contributed by atoms with Gasteiger partial charge in [0, 0.05) is 48.5 Å². The van der Waals surface area contributed by atoms with Crippen molar-refractivity contribution in [1.29, 1.82) is 0 Å². The fraction of sp³-hybridized carbons (Fsp3) is 0.731. The topological polar surface area (TPSA) is 232 Å². The van der Waals surface area contributed by atoms with Gasteiger partial charge in [0.05, 0.1) is 0 Å². The molecule has 0 aromatic rings. The van der Waals surface area contributed by atoms with Gasteiger partial charge in [-0.05, 0) is 0 Å². The Labute approximate surface area is 251 Å². The molecule has 0 amide bonds. The maximum Gasteiger partial charge on any atom is 0.303 e. The van der Waals surface area contributed by atoms with Gasteiger partial charge in [-0.2, -0.15) is 0 Å². The Bertz CT molecular complexity index is 1090. The van der Waals surface area contributed by atoms with Crippen molar-refractivity contribution >= 4 is 41.8 Å². The molecule has 2 aliphatic rings. The van der Waals surface area contributed by atoms with Crippen molar-refractivity contribution in [3.05, 3.63) is 0 Å². The summed E-state index contributed by atoms with van der Waals surface area (Å²) < 4.78 is 54.0.